The minimum Gasteiger partial charge on any atom is -0.545 e. The van der Waals surface area contributed by atoms with Crippen LogP contribution in [0, 0.1) is 0 Å². The number of quaternary nitrogens is 1. The van der Waals surface area contributed by atoms with E-state index in [9.17, 15) is 14.7 Å². The van der Waals surface area contributed by atoms with E-state index in [-0.39, 0.29) is 6.15 Å². The van der Waals surface area contributed by atoms with Gasteiger partial charge in [-0.15, -0.1) is 0 Å². The Morgan fingerprint density at radius 3 is 1.67 bits per heavy atom. The van der Waals surface area contributed by atoms with Crippen LogP contribution in [0.5, 0.6) is 0 Å². The number of hydrogen-bond acceptors (Lipinski definition) is 3. The smallest absolute Gasteiger partial charge is 0.328 e. The van der Waals surface area contributed by atoms with Gasteiger partial charge in [-0.1, -0.05) is 68.3 Å². The molecule has 0 aliphatic rings. The predicted molar refractivity (Wildman–Crippen MR) is 84.7 cm³/mol. The van der Waals surface area contributed by atoms with Crippen LogP contribution in [-0.2, 0) is 9.59 Å². The molecule has 0 spiro atoms. The summed E-state index contributed by atoms with van der Waals surface area (Å²) >= 11 is 0. The van der Waals surface area contributed by atoms with Gasteiger partial charge in [0, 0.05) is 6.08 Å². The van der Waals surface area contributed by atoms with Gasteiger partial charge in [0.15, 0.2) is 0 Å². The summed E-state index contributed by atoms with van der Waals surface area (Å²) in [5.41, 5.74) is 1.17. The molecular weight excluding hydrogens is 270 g/mol. The van der Waals surface area contributed by atoms with Crippen LogP contribution in [0.4, 0.5) is 0 Å². The molecule has 0 heterocycles. The fraction of sp³-hybridized carbons (Fsp3) is 0. The van der Waals surface area contributed by atoms with Gasteiger partial charge in [-0.05, 0) is 11.6 Å². The Morgan fingerprint density at radius 2 is 1.48 bits per heavy atom. The first-order valence-electron chi connectivity index (χ1n) is 5.50. The number of carboxylic acid groups (broad SMARTS) is 2. The van der Waals surface area contributed by atoms with E-state index in [1.165, 1.54) is 5.56 Å². The SMILES string of the molecule is C=CC=C.C=Cc1ccccc1.O=C([O-])/C=C/C(=O)O.[NH4+]. The van der Waals surface area contributed by atoms with E-state index in [1.54, 1.807) is 12.2 Å². The van der Waals surface area contributed by atoms with E-state index in [1.807, 2.05) is 36.4 Å². The van der Waals surface area contributed by atoms with E-state index in [0.717, 1.165) is 0 Å². The van der Waals surface area contributed by atoms with Gasteiger partial charge in [0.05, 0.1) is 5.97 Å². The number of allylic oxidation sites excluding steroid dienone is 2. The molecule has 1 aromatic rings. The minimum atomic E-state index is -1.51. The quantitative estimate of drug-likeness (QED) is 0.655. The molecule has 0 bridgehead atoms. The van der Waals surface area contributed by atoms with E-state index < -0.39 is 11.9 Å². The van der Waals surface area contributed by atoms with Crippen LogP contribution >= 0.6 is 0 Å². The second-order valence-corrected chi connectivity index (χ2v) is 3.08. The largest absolute Gasteiger partial charge is 0.545 e. The number of carbonyl (C=O) groups is 2. The maximum Gasteiger partial charge on any atom is 0.328 e. The molecule has 0 atom stereocenters. The van der Waals surface area contributed by atoms with Crippen molar-refractivity contribution in [1.29, 1.82) is 0 Å². The number of benzene rings is 1. The molecule has 5 nitrogen and oxygen atoms in total. The van der Waals surface area contributed by atoms with Gasteiger partial charge in [0.1, 0.15) is 0 Å². The van der Waals surface area contributed by atoms with Crippen molar-refractivity contribution in [2.24, 2.45) is 0 Å². The van der Waals surface area contributed by atoms with E-state index in [4.69, 9.17) is 5.11 Å². The highest BCUT2D eigenvalue weighted by atomic mass is 16.4. The molecule has 0 fully saturated rings. The van der Waals surface area contributed by atoms with Crippen molar-refractivity contribution in [3.63, 3.8) is 0 Å². The van der Waals surface area contributed by atoms with Crippen LogP contribution in [0.1, 0.15) is 5.56 Å². The zero-order valence-corrected chi connectivity index (χ0v) is 12.1. The van der Waals surface area contributed by atoms with Gasteiger partial charge in [-0.2, -0.15) is 0 Å². The Morgan fingerprint density at radius 1 is 1.00 bits per heavy atom. The lowest BCUT2D eigenvalue weighted by atomic mass is 10.2. The molecule has 0 aliphatic carbocycles. The lowest BCUT2D eigenvalue weighted by Crippen LogP contribution is -2.19. The maximum absolute atomic E-state index is 9.53. The molecule has 1 aromatic carbocycles. The Labute approximate surface area is 124 Å². The van der Waals surface area contributed by atoms with Crippen molar-refractivity contribution >= 4 is 18.0 Å². The first-order chi connectivity index (χ1) is 9.47. The Hall–Kier alpha value is -2.92. The fourth-order valence-electron chi connectivity index (χ4n) is 0.728. The van der Waals surface area contributed by atoms with Crippen LogP contribution in [0.15, 0.2) is 74.4 Å². The summed E-state index contributed by atoms with van der Waals surface area (Å²) in [4.78, 5) is 19.0. The molecule has 1 rings (SSSR count). The molecule has 114 valence electrons. The summed E-state index contributed by atoms with van der Waals surface area (Å²) in [6.07, 6.45) is 6.05. The first-order valence-corrected chi connectivity index (χ1v) is 5.50. The van der Waals surface area contributed by atoms with Crippen molar-refractivity contribution in [3.05, 3.63) is 79.9 Å². The third-order valence-electron chi connectivity index (χ3n) is 1.56. The standard InChI is InChI=1S/C8H8.C4H4O4.C4H6.H3N/c1-2-8-6-4-3-5-7-8;5-3(6)1-2-4(7)8;1-3-4-2;/h2-7H,1H2;1-2H,(H,5,6)(H,7,8);3-4H,1-2H2;1H3/b;2-1+;;. The van der Waals surface area contributed by atoms with Gasteiger partial charge in [0.2, 0.25) is 0 Å². The second-order valence-electron chi connectivity index (χ2n) is 3.08. The van der Waals surface area contributed by atoms with Crippen molar-refractivity contribution in [2.75, 3.05) is 0 Å². The van der Waals surface area contributed by atoms with Crippen molar-refractivity contribution < 1.29 is 19.8 Å². The lowest BCUT2D eigenvalue weighted by Gasteiger charge is -1.85. The number of carbonyl (C=O) groups excluding carboxylic acids is 1. The van der Waals surface area contributed by atoms with E-state index in [0.29, 0.717) is 12.2 Å². The number of hydrogen-bond donors (Lipinski definition) is 2. The van der Waals surface area contributed by atoms with Crippen LogP contribution in [-0.4, -0.2) is 17.0 Å². The molecule has 5 N–H and O–H groups in total. The van der Waals surface area contributed by atoms with Gasteiger partial charge in [-0.25, -0.2) is 4.79 Å². The summed E-state index contributed by atoms with van der Waals surface area (Å²) in [5, 5.41) is 17.2. The zero-order chi connectivity index (χ0) is 15.8. The zero-order valence-electron chi connectivity index (χ0n) is 12.1. The molecule has 0 radical (unpaired) electrons. The maximum atomic E-state index is 9.53. The molecule has 0 saturated carbocycles. The molecule has 0 aliphatic heterocycles. The minimum absolute atomic E-state index is 0. The van der Waals surface area contributed by atoms with E-state index in [2.05, 4.69) is 19.7 Å². The molecule has 0 aromatic heterocycles. The molecule has 0 saturated heterocycles. The van der Waals surface area contributed by atoms with Gasteiger partial charge in [0.25, 0.3) is 0 Å². The third-order valence-corrected chi connectivity index (χ3v) is 1.56. The summed E-state index contributed by atoms with van der Waals surface area (Å²) in [7, 11) is 0. The average molecular weight is 291 g/mol. The highest BCUT2D eigenvalue weighted by molar-refractivity contribution is 5.88. The number of aliphatic carboxylic acids is 2. The van der Waals surface area contributed by atoms with Gasteiger partial charge < -0.3 is 21.2 Å². The second kappa shape index (κ2) is 17.1. The molecule has 0 amide bonds. The van der Waals surface area contributed by atoms with Crippen LogP contribution < -0.4 is 11.3 Å². The number of carboxylic acids is 2. The molecule has 0 unspecified atom stereocenters. The molecule has 5 heteroatoms. The normalized spacial score (nSPS) is 7.81. The summed E-state index contributed by atoms with van der Waals surface area (Å²) < 4.78 is 0. The summed E-state index contributed by atoms with van der Waals surface area (Å²) in [6.45, 7) is 10.4. The van der Waals surface area contributed by atoms with Crippen LogP contribution in [0.3, 0.4) is 0 Å². The Bertz CT molecular complexity index is 442. The van der Waals surface area contributed by atoms with E-state index >= 15 is 0 Å². The Kier molecular flexibility index (Phi) is 18.9. The Balaban J connectivity index is -0.000000239. The topological polar surface area (TPSA) is 114 Å². The first kappa shape index (κ1) is 23.2. The van der Waals surface area contributed by atoms with Crippen LogP contribution in [0.25, 0.3) is 6.08 Å². The predicted octanol–water partition coefficient (Wildman–Crippen LogP) is 2.44. The highest BCUT2D eigenvalue weighted by Gasteiger charge is 1.81. The lowest BCUT2D eigenvalue weighted by molar-refractivity contribution is -0.297. The fourth-order valence-corrected chi connectivity index (χ4v) is 0.728. The summed E-state index contributed by atoms with van der Waals surface area (Å²) in [5.74, 6) is -2.80. The van der Waals surface area contributed by atoms with Gasteiger partial charge in [-0.3, -0.25) is 0 Å². The molecule has 21 heavy (non-hydrogen) atoms. The van der Waals surface area contributed by atoms with Crippen molar-refractivity contribution in [2.45, 2.75) is 0 Å². The number of rotatable bonds is 4. The third kappa shape index (κ3) is 22.7. The monoisotopic (exact) mass is 291 g/mol. The highest BCUT2D eigenvalue weighted by Crippen LogP contribution is 1.97. The van der Waals surface area contributed by atoms with Gasteiger partial charge >= 0.3 is 5.97 Å². The average Bonchev–Trinajstić information content (AvgIpc) is 2.47. The molecular formula is C16H21NO4. The van der Waals surface area contributed by atoms with Crippen LogP contribution in [0.2, 0.25) is 0 Å². The van der Waals surface area contributed by atoms with Crippen molar-refractivity contribution in [1.82, 2.24) is 6.15 Å². The van der Waals surface area contributed by atoms with Crippen molar-refractivity contribution in [3.8, 4) is 0 Å². The summed E-state index contributed by atoms with van der Waals surface area (Å²) in [6, 6.07) is 10.0.